The summed E-state index contributed by atoms with van der Waals surface area (Å²) in [4.78, 5) is 41.5. The molecule has 0 atom stereocenters. The predicted octanol–water partition coefficient (Wildman–Crippen LogP) is 5.17. The van der Waals surface area contributed by atoms with E-state index in [1.54, 1.807) is 36.7 Å². The van der Waals surface area contributed by atoms with E-state index in [0.717, 1.165) is 37.1 Å². The molecule has 4 heterocycles. The number of pyridine rings is 4. The first-order valence-electron chi connectivity index (χ1n) is 11.8. The van der Waals surface area contributed by atoms with Crippen molar-refractivity contribution in [3.63, 3.8) is 0 Å². The molecule has 4 rings (SSSR count). The molecule has 0 amide bonds. The normalized spacial score (nSPS) is 10.6. The Kier molecular flexibility index (Phi) is 8.80. The predicted molar refractivity (Wildman–Crippen MR) is 134 cm³/mol. The lowest BCUT2D eigenvalue weighted by molar-refractivity contribution is 0.0473. The van der Waals surface area contributed by atoms with Crippen LogP contribution in [0.1, 0.15) is 46.4 Å². The van der Waals surface area contributed by atoms with Crippen LogP contribution in [-0.2, 0) is 9.47 Å². The lowest BCUT2D eigenvalue weighted by Crippen LogP contribution is -2.08. The second kappa shape index (κ2) is 12.9. The van der Waals surface area contributed by atoms with Crippen molar-refractivity contribution < 1.29 is 19.1 Å². The fraction of sp³-hybridized carbons (Fsp3) is 0.214. The van der Waals surface area contributed by atoms with Gasteiger partial charge in [-0.25, -0.2) is 9.59 Å². The Labute approximate surface area is 209 Å². The quantitative estimate of drug-likeness (QED) is 0.213. The van der Waals surface area contributed by atoms with E-state index >= 15 is 0 Å². The second-order valence-electron chi connectivity index (χ2n) is 7.98. The molecule has 0 aromatic carbocycles. The van der Waals surface area contributed by atoms with Crippen LogP contribution >= 0.6 is 0 Å². The molecule has 4 aromatic heterocycles. The molecule has 182 valence electrons. The highest BCUT2D eigenvalue weighted by atomic mass is 16.5. The maximum Gasteiger partial charge on any atom is 0.339 e. The van der Waals surface area contributed by atoms with E-state index in [4.69, 9.17) is 9.47 Å². The van der Waals surface area contributed by atoms with Crippen LogP contribution in [0, 0.1) is 0 Å². The number of unbranched alkanes of at least 4 members (excludes halogenated alkanes) is 3. The number of rotatable bonds is 11. The summed E-state index contributed by atoms with van der Waals surface area (Å²) in [5.74, 6) is -0.793. The zero-order chi connectivity index (χ0) is 25.0. The van der Waals surface area contributed by atoms with Crippen molar-refractivity contribution in [2.45, 2.75) is 25.7 Å². The van der Waals surface area contributed by atoms with Crippen molar-refractivity contribution in [1.82, 2.24) is 19.9 Å². The van der Waals surface area contributed by atoms with Crippen LogP contribution in [0.25, 0.3) is 22.8 Å². The van der Waals surface area contributed by atoms with Gasteiger partial charge in [-0.3, -0.25) is 19.9 Å². The highest BCUT2D eigenvalue weighted by Crippen LogP contribution is 2.15. The van der Waals surface area contributed by atoms with Crippen LogP contribution in [0.15, 0.2) is 85.5 Å². The summed E-state index contributed by atoms with van der Waals surface area (Å²) in [7, 11) is 0. The third-order valence-electron chi connectivity index (χ3n) is 5.36. The van der Waals surface area contributed by atoms with Gasteiger partial charge < -0.3 is 9.47 Å². The van der Waals surface area contributed by atoms with Crippen molar-refractivity contribution in [2.24, 2.45) is 0 Å². The third-order valence-corrected chi connectivity index (χ3v) is 5.36. The molecule has 8 nitrogen and oxygen atoms in total. The van der Waals surface area contributed by atoms with Gasteiger partial charge in [0.1, 0.15) is 0 Å². The fourth-order valence-electron chi connectivity index (χ4n) is 3.41. The molecular weight excluding hydrogens is 456 g/mol. The molecule has 0 fully saturated rings. The summed E-state index contributed by atoms with van der Waals surface area (Å²) >= 11 is 0. The van der Waals surface area contributed by atoms with E-state index in [1.807, 2.05) is 36.4 Å². The molecule has 0 aliphatic rings. The van der Waals surface area contributed by atoms with Gasteiger partial charge in [0, 0.05) is 24.8 Å². The molecule has 0 unspecified atom stereocenters. The number of aromatic nitrogens is 4. The van der Waals surface area contributed by atoms with Gasteiger partial charge >= 0.3 is 11.9 Å². The Morgan fingerprint density at radius 3 is 1.33 bits per heavy atom. The molecule has 0 N–H and O–H groups in total. The van der Waals surface area contributed by atoms with E-state index in [9.17, 15) is 9.59 Å². The van der Waals surface area contributed by atoms with Gasteiger partial charge in [-0.1, -0.05) is 12.1 Å². The van der Waals surface area contributed by atoms with Crippen LogP contribution < -0.4 is 0 Å². The van der Waals surface area contributed by atoms with E-state index < -0.39 is 11.9 Å². The zero-order valence-electron chi connectivity index (χ0n) is 19.7. The van der Waals surface area contributed by atoms with Gasteiger partial charge in [0.2, 0.25) is 0 Å². The number of hydrogen-bond donors (Lipinski definition) is 0. The number of carbonyl (C=O) groups excluding carboxylic acids is 2. The van der Waals surface area contributed by atoms with E-state index in [1.165, 1.54) is 12.4 Å². The summed E-state index contributed by atoms with van der Waals surface area (Å²) in [5.41, 5.74) is 3.71. The second-order valence-corrected chi connectivity index (χ2v) is 7.98. The topological polar surface area (TPSA) is 104 Å². The molecule has 0 aliphatic heterocycles. The van der Waals surface area contributed by atoms with Gasteiger partial charge in [0.25, 0.3) is 0 Å². The Bertz CT molecular complexity index is 1150. The minimum atomic E-state index is -0.397. The van der Waals surface area contributed by atoms with Gasteiger partial charge in [0.05, 0.1) is 47.1 Å². The maximum atomic E-state index is 12.2. The zero-order valence-corrected chi connectivity index (χ0v) is 19.7. The van der Waals surface area contributed by atoms with Gasteiger partial charge in [-0.2, -0.15) is 0 Å². The first-order valence-corrected chi connectivity index (χ1v) is 11.8. The number of hydrogen-bond acceptors (Lipinski definition) is 8. The number of esters is 2. The van der Waals surface area contributed by atoms with Crippen LogP contribution in [0.3, 0.4) is 0 Å². The molecule has 0 saturated carbocycles. The summed E-state index contributed by atoms with van der Waals surface area (Å²) in [6.07, 6.45) is 9.59. The summed E-state index contributed by atoms with van der Waals surface area (Å²) in [5, 5.41) is 0. The monoisotopic (exact) mass is 482 g/mol. The SMILES string of the molecule is O=C(OCCCCCCOC(=O)c1ccc(-c2ccccn2)nc1)c1ccc(-c2ccccn2)nc1. The number of carbonyl (C=O) groups is 2. The Hall–Kier alpha value is -4.46. The highest BCUT2D eigenvalue weighted by molar-refractivity contribution is 5.89. The summed E-state index contributed by atoms with van der Waals surface area (Å²) < 4.78 is 10.7. The molecule has 0 radical (unpaired) electrons. The molecule has 8 heteroatoms. The average Bonchev–Trinajstić information content (AvgIpc) is 2.95. The van der Waals surface area contributed by atoms with Crippen LogP contribution in [0.4, 0.5) is 0 Å². The number of nitrogens with zero attached hydrogens (tertiary/aromatic N) is 4. The number of ether oxygens (including phenoxy) is 2. The standard InChI is InChI=1S/C28H26N4O4/c33-27(21-11-13-25(31-19-21)23-9-3-5-15-29-23)35-17-7-1-2-8-18-36-28(34)22-12-14-26(32-20-22)24-10-4-6-16-30-24/h3-6,9-16,19-20H,1-2,7-8,17-18H2. The summed E-state index contributed by atoms with van der Waals surface area (Å²) in [6, 6.07) is 18.1. The molecule has 0 aliphatic carbocycles. The molecule has 36 heavy (non-hydrogen) atoms. The van der Waals surface area contributed by atoms with Crippen molar-refractivity contribution in [3.05, 3.63) is 96.6 Å². The molecule has 4 aromatic rings. The smallest absolute Gasteiger partial charge is 0.339 e. The van der Waals surface area contributed by atoms with Crippen molar-refractivity contribution in [2.75, 3.05) is 13.2 Å². The van der Waals surface area contributed by atoms with Crippen molar-refractivity contribution >= 4 is 11.9 Å². The Morgan fingerprint density at radius 1 is 0.528 bits per heavy atom. The molecular formula is C28H26N4O4. The molecule has 0 spiro atoms. The van der Waals surface area contributed by atoms with Crippen LogP contribution in [0.2, 0.25) is 0 Å². The minimum Gasteiger partial charge on any atom is -0.462 e. The minimum absolute atomic E-state index is 0.328. The van der Waals surface area contributed by atoms with Crippen LogP contribution in [-0.4, -0.2) is 45.1 Å². The fourth-order valence-corrected chi connectivity index (χ4v) is 3.41. The lowest BCUT2D eigenvalue weighted by Gasteiger charge is -2.07. The first-order chi connectivity index (χ1) is 17.7. The van der Waals surface area contributed by atoms with Crippen molar-refractivity contribution in [3.8, 4) is 22.8 Å². The van der Waals surface area contributed by atoms with E-state index in [0.29, 0.717) is 35.7 Å². The maximum absolute atomic E-state index is 12.2. The molecule has 0 saturated heterocycles. The third kappa shape index (κ3) is 7.02. The average molecular weight is 483 g/mol. The van der Waals surface area contributed by atoms with Gasteiger partial charge in [-0.15, -0.1) is 0 Å². The largest absolute Gasteiger partial charge is 0.462 e. The lowest BCUT2D eigenvalue weighted by atomic mass is 10.2. The first kappa shape index (κ1) is 24.7. The van der Waals surface area contributed by atoms with E-state index in [-0.39, 0.29) is 0 Å². The van der Waals surface area contributed by atoms with Crippen LogP contribution in [0.5, 0.6) is 0 Å². The van der Waals surface area contributed by atoms with E-state index in [2.05, 4.69) is 19.9 Å². The van der Waals surface area contributed by atoms with Crippen molar-refractivity contribution in [1.29, 1.82) is 0 Å². The molecule has 0 bridgehead atoms. The highest BCUT2D eigenvalue weighted by Gasteiger charge is 2.10. The van der Waals surface area contributed by atoms with Gasteiger partial charge in [-0.05, 0) is 74.2 Å². The Balaban J connectivity index is 1.08. The Morgan fingerprint density at radius 2 is 0.972 bits per heavy atom. The van der Waals surface area contributed by atoms with Gasteiger partial charge in [0.15, 0.2) is 0 Å². The summed E-state index contributed by atoms with van der Waals surface area (Å²) in [6.45, 7) is 0.657.